The second-order valence-corrected chi connectivity index (χ2v) is 17.5. The Kier molecular flexibility index (Phi) is 28.4. The van der Waals surface area contributed by atoms with Crippen LogP contribution in [0.1, 0.15) is 208 Å². The summed E-state index contributed by atoms with van der Waals surface area (Å²) in [6, 6.07) is 6.19. The molecule has 1 aromatic carbocycles. The number of rotatable bonds is 33. The van der Waals surface area contributed by atoms with Gasteiger partial charge in [0.25, 0.3) is 0 Å². The van der Waals surface area contributed by atoms with Gasteiger partial charge in [-0.15, -0.1) is 0 Å². The van der Waals surface area contributed by atoms with Gasteiger partial charge in [-0.25, -0.2) is 4.79 Å². The average Bonchev–Trinajstić information content (AvgIpc) is 3.09. The Morgan fingerprint density at radius 1 is 0.588 bits per heavy atom. The Bertz CT molecular complexity index is 996. The molecule has 296 valence electrons. The molecule has 0 saturated heterocycles. The van der Waals surface area contributed by atoms with Crippen molar-refractivity contribution in [2.45, 2.75) is 203 Å². The Balaban J connectivity index is 2.24. The average molecular weight is 711 g/mol. The number of methoxy groups -OCH3 is 1. The van der Waals surface area contributed by atoms with E-state index in [1.807, 2.05) is 12.1 Å². The van der Waals surface area contributed by atoms with E-state index in [2.05, 4.69) is 67.5 Å². The molecule has 0 N–H and O–H groups in total. The Hall–Kier alpha value is -1.77. The van der Waals surface area contributed by atoms with Crippen molar-refractivity contribution in [2.75, 3.05) is 13.7 Å². The van der Waals surface area contributed by atoms with Crippen LogP contribution >= 0.6 is 0 Å². The lowest BCUT2D eigenvalue weighted by Gasteiger charge is -2.17. The first kappa shape index (κ1) is 47.3. The van der Waals surface area contributed by atoms with E-state index in [0.29, 0.717) is 12.5 Å². The Labute approximate surface area is 318 Å². The summed E-state index contributed by atoms with van der Waals surface area (Å²) < 4.78 is 11.0. The molecule has 5 unspecified atom stereocenters. The molecule has 1 aromatic rings. The molecule has 5 atom stereocenters. The highest BCUT2D eigenvalue weighted by Gasteiger charge is 2.12. The Morgan fingerprint density at radius 2 is 1.06 bits per heavy atom. The highest BCUT2D eigenvalue weighted by Crippen LogP contribution is 2.27. The zero-order valence-corrected chi connectivity index (χ0v) is 35.5. The van der Waals surface area contributed by atoms with Crippen LogP contribution in [0.25, 0.3) is 6.08 Å². The third-order valence-corrected chi connectivity index (χ3v) is 11.4. The molecule has 3 heteroatoms. The zero-order chi connectivity index (χ0) is 37.7. The molecule has 0 saturated carbocycles. The van der Waals surface area contributed by atoms with Gasteiger partial charge in [-0.05, 0) is 77.7 Å². The van der Waals surface area contributed by atoms with Crippen LogP contribution in [-0.4, -0.2) is 19.7 Å². The number of carbonyl (C=O) groups is 1. The maximum absolute atomic E-state index is 12.4. The summed E-state index contributed by atoms with van der Waals surface area (Å²) in [5.41, 5.74) is 2.33. The van der Waals surface area contributed by atoms with Crippen molar-refractivity contribution in [3.8, 4) is 5.75 Å². The van der Waals surface area contributed by atoms with E-state index < -0.39 is 0 Å². The molecule has 0 spiro atoms. The van der Waals surface area contributed by atoms with E-state index in [4.69, 9.17) is 9.47 Å². The van der Waals surface area contributed by atoms with Gasteiger partial charge in [0.05, 0.1) is 13.7 Å². The number of esters is 1. The summed E-state index contributed by atoms with van der Waals surface area (Å²) in [5.74, 6) is 5.56. The van der Waals surface area contributed by atoms with E-state index in [1.54, 1.807) is 13.2 Å². The maximum Gasteiger partial charge on any atom is 0.330 e. The van der Waals surface area contributed by atoms with Gasteiger partial charge in [0.2, 0.25) is 0 Å². The molecule has 3 nitrogen and oxygen atoms in total. The fourth-order valence-corrected chi connectivity index (χ4v) is 7.67. The molecule has 0 radical (unpaired) electrons. The summed E-state index contributed by atoms with van der Waals surface area (Å²) in [6.07, 6.45) is 33.8. The smallest absolute Gasteiger partial charge is 0.330 e. The number of hydrogen-bond donors (Lipinski definition) is 0. The fraction of sp³-hybridized carbons (Fsp3) is 0.812. The summed E-state index contributed by atoms with van der Waals surface area (Å²) in [4.78, 5) is 12.4. The molecule has 0 heterocycles. The van der Waals surface area contributed by atoms with E-state index >= 15 is 0 Å². The van der Waals surface area contributed by atoms with Gasteiger partial charge in [-0.3, -0.25) is 0 Å². The molecule has 0 aliphatic heterocycles. The number of unbranched alkanes of at least 4 members (excludes halogenated alkanes) is 6. The summed E-state index contributed by atoms with van der Waals surface area (Å²) in [7, 11) is 1.72. The summed E-state index contributed by atoms with van der Waals surface area (Å²) >= 11 is 0. The topological polar surface area (TPSA) is 35.5 Å². The highest BCUT2D eigenvalue weighted by molar-refractivity contribution is 5.87. The second kappa shape index (κ2) is 30.7. The van der Waals surface area contributed by atoms with Gasteiger partial charge < -0.3 is 9.47 Å². The van der Waals surface area contributed by atoms with E-state index in [9.17, 15) is 4.79 Å². The van der Waals surface area contributed by atoms with Crippen molar-refractivity contribution < 1.29 is 14.3 Å². The van der Waals surface area contributed by atoms with Crippen LogP contribution in [0.3, 0.4) is 0 Å². The minimum absolute atomic E-state index is 0.245. The van der Waals surface area contributed by atoms with Crippen LogP contribution in [0, 0.1) is 35.5 Å². The van der Waals surface area contributed by atoms with Crippen LogP contribution in [0.5, 0.6) is 5.75 Å². The van der Waals surface area contributed by atoms with Crippen molar-refractivity contribution in [2.24, 2.45) is 35.5 Å². The molecule has 0 fully saturated rings. The van der Waals surface area contributed by atoms with Gasteiger partial charge >= 0.3 is 5.97 Å². The van der Waals surface area contributed by atoms with Crippen molar-refractivity contribution >= 4 is 12.0 Å². The van der Waals surface area contributed by atoms with Crippen LogP contribution in [0.15, 0.2) is 24.3 Å². The predicted octanol–water partition coefficient (Wildman–Crippen LogP) is 15.2. The molecule has 51 heavy (non-hydrogen) atoms. The van der Waals surface area contributed by atoms with E-state index in [1.165, 1.54) is 134 Å². The number of hydrogen-bond acceptors (Lipinski definition) is 3. The van der Waals surface area contributed by atoms with Gasteiger partial charge in [-0.1, -0.05) is 196 Å². The minimum atomic E-state index is -0.245. The number of carbonyl (C=O) groups excluding carboxylic acids is 1. The third-order valence-electron chi connectivity index (χ3n) is 11.4. The molecule has 0 aromatic heterocycles. The van der Waals surface area contributed by atoms with Crippen LogP contribution in [0.4, 0.5) is 0 Å². The third kappa shape index (κ3) is 26.6. The van der Waals surface area contributed by atoms with Gasteiger partial charge in [0, 0.05) is 6.08 Å². The van der Waals surface area contributed by atoms with E-state index in [-0.39, 0.29) is 5.97 Å². The lowest BCUT2D eigenvalue weighted by molar-refractivity contribution is -0.137. The first-order valence-corrected chi connectivity index (χ1v) is 22.1. The maximum atomic E-state index is 12.4. The summed E-state index contributed by atoms with van der Waals surface area (Å²) in [6.45, 7) is 19.7. The van der Waals surface area contributed by atoms with Crippen LogP contribution in [-0.2, 0) is 16.0 Å². The minimum Gasteiger partial charge on any atom is -0.497 e. The molecule has 0 aliphatic rings. The molecular weight excluding hydrogens is 625 g/mol. The molecular formula is C48H86O3. The van der Waals surface area contributed by atoms with Gasteiger partial charge in [0.15, 0.2) is 0 Å². The van der Waals surface area contributed by atoms with Crippen LogP contribution in [0.2, 0.25) is 0 Å². The van der Waals surface area contributed by atoms with Crippen molar-refractivity contribution in [1.29, 1.82) is 0 Å². The Morgan fingerprint density at radius 3 is 1.57 bits per heavy atom. The zero-order valence-electron chi connectivity index (χ0n) is 35.5. The summed E-state index contributed by atoms with van der Waals surface area (Å²) in [5, 5.41) is 0. The first-order valence-electron chi connectivity index (χ1n) is 22.1. The molecule has 0 amide bonds. The van der Waals surface area contributed by atoms with Crippen molar-refractivity contribution in [3.63, 3.8) is 0 Å². The second-order valence-electron chi connectivity index (χ2n) is 17.5. The molecule has 0 bridgehead atoms. The highest BCUT2D eigenvalue weighted by atomic mass is 16.5. The predicted molar refractivity (Wildman–Crippen MR) is 225 cm³/mol. The quantitative estimate of drug-likeness (QED) is 0.0414. The van der Waals surface area contributed by atoms with E-state index in [0.717, 1.165) is 60.2 Å². The standard InChI is InChI=1S/C48H86O3/c1-10-11-12-13-14-17-36-51-48(49)35-33-45-32-34-47(50-9)38-46(45)37-44(8)31-21-30-43(7)29-20-27-41(5)24-16-15-23-40(4)26-19-28-42(6)25-18-22-39(2)3/h32-35,38-44H,10-31,36-37H2,1-9H3/b35-33+. The van der Waals surface area contributed by atoms with Crippen LogP contribution < -0.4 is 4.74 Å². The van der Waals surface area contributed by atoms with Crippen molar-refractivity contribution in [1.82, 2.24) is 0 Å². The van der Waals surface area contributed by atoms with Gasteiger partial charge in [0.1, 0.15) is 5.75 Å². The lowest BCUT2D eigenvalue weighted by atomic mass is 9.89. The monoisotopic (exact) mass is 711 g/mol. The lowest BCUT2D eigenvalue weighted by Crippen LogP contribution is -2.05. The SMILES string of the molecule is CCCCCCCCOC(=O)/C=C/c1ccc(OC)cc1CC(C)CCCC(C)CCCC(C)CCCCC(C)CCCC(C)CCCC(C)C. The number of benzene rings is 1. The fourth-order valence-electron chi connectivity index (χ4n) is 7.67. The molecule has 0 aliphatic carbocycles. The normalized spacial score (nSPS) is 14.9. The largest absolute Gasteiger partial charge is 0.497 e. The van der Waals surface area contributed by atoms with Crippen molar-refractivity contribution in [3.05, 3.63) is 35.4 Å². The first-order chi connectivity index (χ1) is 24.5. The van der Waals surface area contributed by atoms with Gasteiger partial charge in [-0.2, -0.15) is 0 Å². The molecule has 1 rings (SSSR count). The number of ether oxygens (including phenoxy) is 2.